The highest BCUT2D eigenvalue weighted by Gasteiger charge is 2.26. The lowest BCUT2D eigenvalue weighted by atomic mass is 9.94. The lowest BCUT2D eigenvalue weighted by molar-refractivity contribution is 0.242. The summed E-state index contributed by atoms with van der Waals surface area (Å²) in [7, 11) is 0. The lowest BCUT2D eigenvalue weighted by Gasteiger charge is -2.13. The minimum atomic E-state index is -0.240. The molecule has 4 rings (SSSR count). The van der Waals surface area contributed by atoms with Crippen molar-refractivity contribution in [2.45, 2.75) is 12.5 Å². The van der Waals surface area contributed by atoms with Crippen LogP contribution in [0.15, 0.2) is 66.7 Å². The molecule has 1 atom stereocenters. The molecule has 120 valence electrons. The SMILES string of the molecule is NCC1Cc2cc(-c3ccccc3)cc(-c3ccc(F)cc3)c2O1. The molecule has 0 radical (unpaired) electrons. The summed E-state index contributed by atoms with van der Waals surface area (Å²) in [5.41, 5.74) is 11.2. The van der Waals surface area contributed by atoms with E-state index in [1.54, 1.807) is 12.1 Å². The first kappa shape index (κ1) is 14.9. The number of hydrogen-bond donors (Lipinski definition) is 1. The van der Waals surface area contributed by atoms with Gasteiger partial charge in [0.1, 0.15) is 17.7 Å². The average Bonchev–Trinajstić information content (AvgIpc) is 3.05. The predicted octanol–water partition coefficient (Wildman–Crippen LogP) is 4.42. The Morgan fingerprint density at radius 2 is 1.67 bits per heavy atom. The molecular formula is C21H18FNO. The summed E-state index contributed by atoms with van der Waals surface area (Å²) in [6.07, 6.45) is 0.811. The Kier molecular flexibility index (Phi) is 3.79. The van der Waals surface area contributed by atoms with Gasteiger partial charge in [-0.1, -0.05) is 42.5 Å². The average molecular weight is 319 g/mol. The van der Waals surface area contributed by atoms with Gasteiger partial charge in [0.15, 0.2) is 0 Å². The largest absolute Gasteiger partial charge is 0.488 e. The minimum Gasteiger partial charge on any atom is -0.488 e. The smallest absolute Gasteiger partial charge is 0.131 e. The van der Waals surface area contributed by atoms with Crippen molar-refractivity contribution >= 4 is 0 Å². The molecule has 0 saturated heterocycles. The molecule has 0 saturated carbocycles. The van der Waals surface area contributed by atoms with Gasteiger partial charge in [0.25, 0.3) is 0 Å². The second-order valence-corrected chi connectivity index (χ2v) is 6.06. The first-order chi connectivity index (χ1) is 11.7. The number of benzene rings is 3. The number of hydrogen-bond acceptors (Lipinski definition) is 2. The van der Waals surface area contributed by atoms with Crippen molar-refractivity contribution < 1.29 is 9.13 Å². The van der Waals surface area contributed by atoms with Crippen LogP contribution in [-0.2, 0) is 6.42 Å². The van der Waals surface area contributed by atoms with E-state index in [-0.39, 0.29) is 11.9 Å². The third-order valence-corrected chi connectivity index (χ3v) is 4.42. The molecule has 3 aromatic carbocycles. The van der Waals surface area contributed by atoms with Crippen molar-refractivity contribution in [2.75, 3.05) is 6.54 Å². The van der Waals surface area contributed by atoms with Crippen LogP contribution in [0.5, 0.6) is 5.75 Å². The molecule has 1 unspecified atom stereocenters. The summed E-state index contributed by atoms with van der Waals surface area (Å²) >= 11 is 0. The third kappa shape index (κ3) is 2.68. The van der Waals surface area contributed by atoms with E-state index in [2.05, 4.69) is 24.3 Å². The molecule has 1 aliphatic heterocycles. The zero-order valence-electron chi connectivity index (χ0n) is 13.2. The lowest BCUT2D eigenvalue weighted by Crippen LogP contribution is -2.24. The van der Waals surface area contributed by atoms with E-state index in [0.29, 0.717) is 6.54 Å². The fourth-order valence-corrected chi connectivity index (χ4v) is 3.21. The zero-order chi connectivity index (χ0) is 16.5. The van der Waals surface area contributed by atoms with E-state index in [0.717, 1.165) is 40.0 Å². The van der Waals surface area contributed by atoms with E-state index in [1.807, 2.05) is 18.2 Å². The molecule has 0 aliphatic carbocycles. The Hall–Kier alpha value is -2.65. The summed E-state index contributed by atoms with van der Waals surface area (Å²) in [5, 5.41) is 0. The topological polar surface area (TPSA) is 35.2 Å². The van der Waals surface area contributed by atoms with E-state index in [9.17, 15) is 4.39 Å². The van der Waals surface area contributed by atoms with E-state index >= 15 is 0 Å². The van der Waals surface area contributed by atoms with Crippen LogP contribution in [0.25, 0.3) is 22.3 Å². The Morgan fingerprint density at radius 3 is 2.38 bits per heavy atom. The van der Waals surface area contributed by atoms with Crippen LogP contribution in [-0.4, -0.2) is 12.6 Å². The van der Waals surface area contributed by atoms with Crippen LogP contribution in [0.1, 0.15) is 5.56 Å². The number of halogens is 1. The quantitative estimate of drug-likeness (QED) is 0.775. The molecule has 0 aromatic heterocycles. The maximum Gasteiger partial charge on any atom is 0.131 e. The molecule has 1 aliphatic rings. The molecule has 24 heavy (non-hydrogen) atoms. The third-order valence-electron chi connectivity index (χ3n) is 4.42. The van der Waals surface area contributed by atoms with Gasteiger partial charge in [0, 0.05) is 18.5 Å². The molecule has 3 aromatic rings. The summed E-state index contributed by atoms with van der Waals surface area (Å²) in [5.74, 6) is 0.632. The maximum absolute atomic E-state index is 13.3. The second-order valence-electron chi connectivity index (χ2n) is 6.06. The fourth-order valence-electron chi connectivity index (χ4n) is 3.21. The monoisotopic (exact) mass is 319 g/mol. The number of rotatable bonds is 3. The van der Waals surface area contributed by atoms with E-state index < -0.39 is 0 Å². The fraction of sp³-hybridized carbons (Fsp3) is 0.143. The molecular weight excluding hydrogens is 301 g/mol. The highest BCUT2D eigenvalue weighted by atomic mass is 19.1. The molecule has 0 bridgehead atoms. The van der Waals surface area contributed by atoms with Gasteiger partial charge in [-0.05, 0) is 46.5 Å². The molecule has 2 N–H and O–H groups in total. The Labute approximate surface area is 140 Å². The number of ether oxygens (including phenoxy) is 1. The Morgan fingerprint density at radius 1 is 0.917 bits per heavy atom. The summed E-state index contributed by atoms with van der Waals surface area (Å²) in [4.78, 5) is 0. The zero-order valence-corrected chi connectivity index (χ0v) is 13.2. The van der Waals surface area contributed by atoms with Crippen molar-refractivity contribution in [2.24, 2.45) is 5.73 Å². The van der Waals surface area contributed by atoms with Gasteiger partial charge >= 0.3 is 0 Å². The second kappa shape index (κ2) is 6.10. The number of nitrogens with two attached hydrogens (primary N) is 1. The highest BCUT2D eigenvalue weighted by molar-refractivity contribution is 5.80. The van der Waals surface area contributed by atoms with Gasteiger partial charge in [0.2, 0.25) is 0 Å². The van der Waals surface area contributed by atoms with Crippen molar-refractivity contribution in [3.63, 3.8) is 0 Å². The van der Waals surface area contributed by atoms with Gasteiger partial charge in [-0.15, -0.1) is 0 Å². The van der Waals surface area contributed by atoms with Crippen molar-refractivity contribution in [3.05, 3.63) is 78.1 Å². The number of fused-ring (bicyclic) bond motifs is 1. The highest BCUT2D eigenvalue weighted by Crippen LogP contribution is 2.42. The maximum atomic E-state index is 13.3. The predicted molar refractivity (Wildman–Crippen MR) is 94.4 cm³/mol. The molecule has 0 spiro atoms. The normalized spacial score (nSPS) is 15.8. The van der Waals surface area contributed by atoms with Crippen molar-refractivity contribution in [3.8, 4) is 28.0 Å². The van der Waals surface area contributed by atoms with Crippen LogP contribution < -0.4 is 10.5 Å². The van der Waals surface area contributed by atoms with Gasteiger partial charge in [-0.3, -0.25) is 0 Å². The molecule has 2 nitrogen and oxygen atoms in total. The van der Waals surface area contributed by atoms with E-state index in [4.69, 9.17) is 10.5 Å². The van der Waals surface area contributed by atoms with Crippen LogP contribution >= 0.6 is 0 Å². The van der Waals surface area contributed by atoms with Crippen LogP contribution in [0, 0.1) is 5.82 Å². The van der Waals surface area contributed by atoms with E-state index in [1.165, 1.54) is 12.1 Å². The van der Waals surface area contributed by atoms with Gasteiger partial charge in [-0.25, -0.2) is 4.39 Å². The van der Waals surface area contributed by atoms with Gasteiger partial charge in [-0.2, -0.15) is 0 Å². The Bertz CT molecular complexity index is 859. The van der Waals surface area contributed by atoms with Crippen molar-refractivity contribution in [1.29, 1.82) is 0 Å². The standard InChI is InChI=1S/C21H18FNO/c22-18-8-6-15(7-9-18)20-12-16(14-4-2-1-3-5-14)10-17-11-19(13-23)24-21(17)20/h1-10,12,19H,11,13,23H2. The van der Waals surface area contributed by atoms with Gasteiger partial charge in [0.05, 0.1) is 0 Å². The van der Waals surface area contributed by atoms with Crippen LogP contribution in [0.4, 0.5) is 4.39 Å². The van der Waals surface area contributed by atoms with Crippen molar-refractivity contribution in [1.82, 2.24) is 0 Å². The molecule has 0 amide bonds. The summed E-state index contributed by atoms with van der Waals surface area (Å²) < 4.78 is 19.3. The molecule has 3 heteroatoms. The summed E-state index contributed by atoms with van der Waals surface area (Å²) in [6, 6.07) is 21.1. The summed E-state index contributed by atoms with van der Waals surface area (Å²) in [6.45, 7) is 0.484. The van der Waals surface area contributed by atoms with Crippen LogP contribution in [0.3, 0.4) is 0 Å². The first-order valence-corrected chi connectivity index (χ1v) is 8.09. The molecule has 0 fully saturated rings. The minimum absolute atomic E-state index is 0.00483. The Balaban J connectivity index is 1.88. The molecule has 1 heterocycles. The van der Waals surface area contributed by atoms with Crippen LogP contribution in [0.2, 0.25) is 0 Å². The van der Waals surface area contributed by atoms with Gasteiger partial charge < -0.3 is 10.5 Å². The first-order valence-electron chi connectivity index (χ1n) is 8.09.